The Morgan fingerprint density at radius 3 is 2.61 bits per heavy atom. The van der Waals surface area contributed by atoms with Gasteiger partial charge in [-0.2, -0.15) is 0 Å². The van der Waals surface area contributed by atoms with Crippen LogP contribution in [0.25, 0.3) is 0 Å². The average Bonchev–Trinajstić information content (AvgIpc) is 2.51. The van der Waals surface area contributed by atoms with E-state index in [9.17, 15) is 4.79 Å². The summed E-state index contributed by atoms with van der Waals surface area (Å²) in [5.74, 6) is 0.345. The minimum absolute atomic E-state index is 0.0679. The van der Waals surface area contributed by atoms with E-state index in [1.807, 2.05) is 10.8 Å². The van der Waals surface area contributed by atoms with Gasteiger partial charge in [0.05, 0.1) is 0 Å². The van der Waals surface area contributed by atoms with Gasteiger partial charge >= 0.3 is 6.09 Å². The summed E-state index contributed by atoms with van der Waals surface area (Å²) in [5, 5.41) is 16.7. The van der Waals surface area contributed by atoms with Crippen LogP contribution in [0.15, 0.2) is 6.20 Å². The predicted octanol–water partition coefficient (Wildman–Crippen LogP) is 1.94. The smallest absolute Gasteiger partial charge is 0.407 e. The number of likely N-dealkylation sites (tertiary alicyclic amines) is 1. The standard InChI is InChI=1S/C12H19N3O2S/c1-12(2,3)9-7-14(10(13)18-9)4-8-5-15(6-8)11(16)17/h7-8,13H,4-6H2,1-3H3,(H,16,17). The minimum atomic E-state index is -0.844. The molecule has 0 saturated carbocycles. The molecule has 0 aliphatic carbocycles. The van der Waals surface area contributed by atoms with Crippen LogP contribution in [-0.4, -0.2) is 33.8 Å². The van der Waals surface area contributed by atoms with Crippen LogP contribution in [-0.2, 0) is 12.0 Å². The number of nitrogens with zero attached hydrogens (tertiary/aromatic N) is 2. The van der Waals surface area contributed by atoms with Gasteiger partial charge in [-0.15, -0.1) is 11.3 Å². The van der Waals surface area contributed by atoms with Crippen molar-refractivity contribution in [2.24, 2.45) is 5.92 Å². The molecule has 2 rings (SSSR count). The first-order valence-electron chi connectivity index (χ1n) is 6.00. The van der Waals surface area contributed by atoms with Crippen molar-refractivity contribution in [2.45, 2.75) is 32.7 Å². The number of carbonyl (C=O) groups is 1. The molecule has 100 valence electrons. The van der Waals surface area contributed by atoms with E-state index in [-0.39, 0.29) is 5.41 Å². The van der Waals surface area contributed by atoms with Crippen molar-refractivity contribution in [1.82, 2.24) is 9.47 Å². The van der Waals surface area contributed by atoms with Crippen molar-refractivity contribution >= 4 is 17.4 Å². The van der Waals surface area contributed by atoms with Crippen LogP contribution in [0.5, 0.6) is 0 Å². The van der Waals surface area contributed by atoms with Gasteiger partial charge in [-0.25, -0.2) is 4.79 Å². The zero-order valence-electron chi connectivity index (χ0n) is 10.9. The summed E-state index contributed by atoms with van der Waals surface area (Å²) in [7, 11) is 0. The Hall–Kier alpha value is -1.30. The van der Waals surface area contributed by atoms with E-state index < -0.39 is 6.09 Å². The molecule has 0 spiro atoms. The number of carboxylic acid groups (broad SMARTS) is 1. The maximum absolute atomic E-state index is 10.7. The lowest BCUT2D eigenvalue weighted by atomic mass is 9.95. The molecule has 1 aromatic heterocycles. The second-order valence-corrected chi connectivity index (χ2v) is 6.89. The summed E-state index contributed by atoms with van der Waals surface area (Å²) in [4.78, 5) is 13.8. The van der Waals surface area contributed by atoms with Crippen LogP contribution in [0.4, 0.5) is 4.79 Å². The molecule has 18 heavy (non-hydrogen) atoms. The van der Waals surface area contributed by atoms with E-state index in [4.69, 9.17) is 10.5 Å². The quantitative estimate of drug-likeness (QED) is 0.861. The maximum Gasteiger partial charge on any atom is 0.407 e. The highest BCUT2D eigenvalue weighted by molar-refractivity contribution is 7.09. The Kier molecular flexibility index (Phi) is 3.23. The molecule has 1 aromatic rings. The van der Waals surface area contributed by atoms with Crippen molar-refractivity contribution < 1.29 is 9.90 Å². The second kappa shape index (κ2) is 4.42. The molecule has 0 bridgehead atoms. The Morgan fingerprint density at radius 1 is 1.56 bits per heavy atom. The molecular weight excluding hydrogens is 250 g/mol. The van der Waals surface area contributed by atoms with Crippen LogP contribution in [0, 0.1) is 11.3 Å². The van der Waals surface area contributed by atoms with Crippen molar-refractivity contribution in [1.29, 1.82) is 5.41 Å². The summed E-state index contributed by atoms with van der Waals surface area (Å²) < 4.78 is 1.94. The van der Waals surface area contributed by atoms with Gasteiger partial charge in [0.25, 0.3) is 0 Å². The van der Waals surface area contributed by atoms with Crippen LogP contribution < -0.4 is 4.80 Å². The maximum atomic E-state index is 10.7. The van der Waals surface area contributed by atoms with Crippen molar-refractivity contribution in [2.75, 3.05) is 13.1 Å². The lowest BCUT2D eigenvalue weighted by Crippen LogP contribution is -2.51. The second-order valence-electron chi connectivity index (χ2n) is 5.86. The Labute approximate surface area is 110 Å². The van der Waals surface area contributed by atoms with Gasteiger partial charge in [-0.3, -0.25) is 5.41 Å². The largest absolute Gasteiger partial charge is 0.465 e. The van der Waals surface area contributed by atoms with Crippen molar-refractivity contribution in [3.8, 4) is 0 Å². The molecule has 1 aliphatic rings. The third kappa shape index (κ3) is 2.58. The molecular formula is C12H19N3O2S. The monoisotopic (exact) mass is 269 g/mol. The zero-order valence-corrected chi connectivity index (χ0v) is 11.8. The summed E-state index contributed by atoms with van der Waals surface area (Å²) in [6, 6.07) is 0. The van der Waals surface area contributed by atoms with Crippen molar-refractivity contribution in [3.05, 3.63) is 15.9 Å². The topological polar surface area (TPSA) is 69.3 Å². The summed E-state index contributed by atoms with van der Waals surface area (Å²) in [6.45, 7) is 8.33. The highest BCUT2D eigenvalue weighted by Crippen LogP contribution is 2.25. The van der Waals surface area contributed by atoms with E-state index in [1.54, 1.807) is 0 Å². The molecule has 0 aromatic carbocycles. The molecule has 6 heteroatoms. The number of rotatable bonds is 2. The summed E-state index contributed by atoms with van der Waals surface area (Å²) in [6.07, 6.45) is 1.19. The number of hydrogen-bond acceptors (Lipinski definition) is 3. The normalized spacial score (nSPS) is 16.7. The van der Waals surface area contributed by atoms with Crippen LogP contribution >= 0.6 is 11.3 Å². The van der Waals surface area contributed by atoms with Gasteiger partial charge in [0, 0.05) is 36.6 Å². The molecule has 0 atom stereocenters. The molecule has 5 nitrogen and oxygen atoms in total. The van der Waals surface area contributed by atoms with Crippen molar-refractivity contribution in [3.63, 3.8) is 0 Å². The summed E-state index contributed by atoms with van der Waals surface area (Å²) in [5.41, 5.74) is 0.0679. The molecule has 1 aliphatic heterocycles. The number of aromatic nitrogens is 1. The number of amides is 1. The fourth-order valence-corrected chi connectivity index (χ4v) is 2.93. The zero-order chi connectivity index (χ0) is 13.5. The highest BCUT2D eigenvalue weighted by atomic mass is 32.1. The molecule has 1 amide bonds. The van der Waals surface area contributed by atoms with E-state index in [0.29, 0.717) is 23.8 Å². The highest BCUT2D eigenvalue weighted by Gasteiger charge is 2.31. The first-order valence-corrected chi connectivity index (χ1v) is 6.82. The Balaban J connectivity index is 2.02. The Morgan fingerprint density at radius 2 is 2.17 bits per heavy atom. The average molecular weight is 269 g/mol. The van der Waals surface area contributed by atoms with Gasteiger partial charge in [0.15, 0.2) is 4.80 Å². The molecule has 2 heterocycles. The van der Waals surface area contributed by atoms with Gasteiger partial charge in [0.1, 0.15) is 0 Å². The van der Waals surface area contributed by atoms with E-state index >= 15 is 0 Å². The van der Waals surface area contributed by atoms with Gasteiger partial charge in [-0.05, 0) is 5.41 Å². The Bertz CT molecular complexity index is 506. The van der Waals surface area contributed by atoms with Gasteiger partial charge in [-0.1, -0.05) is 20.8 Å². The molecule has 0 unspecified atom stereocenters. The van der Waals surface area contributed by atoms with E-state index in [1.165, 1.54) is 21.1 Å². The lowest BCUT2D eigenvalue weighted by molar-refractivity contribution is 0.0744. The third-order valence-electron chi connectivity index (χ3n) is 3.16. The predicted molar refractivity (Wildman–Crippen MR) is 70.0 cm³/mol. The number of thiazole rings is 1. The fraction of sp³-hybridized carbons (Fsp3) is 0.667. The minimum Gasteiger partial charge on any atom is -0.465 e. The molecule has 1 saturated heterocycles. The molecule has 0 radical (unpaired) electrons. The SMILES string of the molecule is CC(C)(C)c1cn(CC2CN(C(=O)O)C2)c(=N)s1. The van der Waals surface area contributed by atoms with Crippen LogP contribution in [0.3, 0.4) is 0 Å². The number of hydrogen-bond donors (Lipinski definition) is 2. The number of nitrogens with one attached hydrogen (secondary N) is 1. The van der Waals surface area contributed by atoms with Gasteiger partial charge < -0.3 is 14.6 Å². The van der Waals surface area contributed by atoms with Gasteiger partial charge in [0.2, 0.25) is 0 Å². The fourth-order valence-electron chi connectivity index (χ4n) is 1.99. The summed E-state index contributed by atoms with van der Waals surface area (Å²) >= 11 is 1.50. The third-order valence-corrected chi connectivity index (χ3v) is 4.53. The van der Waals surface area contributed by atoms with Crippen LogP contribution in [0.1, 0.15) is 25.6 Å². The first kappa shape index (κ1) is 13.1. The van der Waals surface area contributed by atoms with E-state index in [0.717, 1.165) is 6.54 Å². The molecule has 2 N–H and O–H groups in total. The lowest BCUT2D eigenvalue weighted by Gasteiger charge is -2.37. The van der Waals surface area contributed by atoms with Crippen LogP contribution in [0.2, 0.25) is 0 Å². The van der Waals surface area contributed by atoms with E-state index in [2.05, 4.69) is 20.8 Å². The first-order chi connectivity index (χ1) is 8.27. The molecule has 1 fully saturated rings.